The van der Waals surface area contributed by atoms with Gasteiger partial charge in [0.05, 0.1) is 0 Å². The molecule has 1 aromatic heterocycles. The molecule has 1 N–H and O–H groups in total. The second-order valence-corrected chi connectivity index (χ2v) is 8.32. The van der Waals surface area contributed by atoms with Gasteiger partial charge in [-0.25, -0.2) is 4.98 Å². The molecule has 0 amide bonds. The molecule has 1 aromatic carbocycles. The molecule has 0 atom stereocenters. The first kappa shape index (κ1) is 17.9. The van der Waals surface area contributed by atoms with Crippen LogP contribution in [0.15, 0.2) is 30.5 Å². The van der Waals surface area contributed by atoms with Crippen molar-refractivity contribution in [2.75, 3.05) is 26.2 Å². The SMILES string of the molecule is Cc1ccc(-c2ncc(CN3CCC4(CCNCC4)C3)s2)cc1.Cl. The summed E-state index contributed by atoms with van der Waals surface area (Å²) in [6, 6.07) is 8.69. The number of thiazole rings is 1. The molecule has 0 unspecified atom stereocenters. The summed E-state index contributed by atoms with van der Waals surface area (Å²) in [5.74, 6) is 0. The van der Waals surface area contributed by atoms with Crippen LogP contribution in [0.25, 0.3) is 10.6 Å². The Bertz CT molecular complexity index is 662. The van der Waals surface area contributed by atoms with Crippen LogP contribution in [0.3, 0.4) is 0 Å². The number of halogens is 1. The van der Waals surface area contributed by atoms with E-state index in [-0.39, 0.29) is 12.4 Å². The van der Waals surface area contributed by atoms with Crippen LogP contribution >= 0.6 is 23.7 Å². The van der Waals surface area contributed by atoms with Gasteiger partial charge in [-0.1, -0.05) is 29.8 Å². The molecule has 24 heavy (non-hydrogen) atoms. The Morgan fingerprint density at radius 2 is 1.92 bits per heavy atom. The molecule has 1 spiro atoms. The van der Waals surface area contributed by atoms with E-state index in [1.165, 1.54) is 61.4 Å². The molecule has 2 saturated heterocycles. The van der Waals surface area contributed by atoms with Crippen molar-refractivity contribution in [3.63, 3.8) is 0 Å². The second kappa shape index (κ2) is 7.52. The van der Waals surface area contributed by atoms with Gasteiger partial charge in [0.1, 0.15) is 5.01 Å². The van der Waals surface area contributed by atoms with Crippen molar-refractivity contribution < 1.29 is 0 Å². The summed E-state index contributed by atoms with van der Waals surface area (Å²) in [5, 5.41) is 4.65. The zero-order valence-electron chi connectivity index (χ0n) is 14.3. The zero-order valence-corrected chi connectivity index (χ0v) is 15.9. The van der Waals surface area contributed by atoms with E-state index in [2.05, 4.69) is 52.6 Å². The number of nitrogens with one attached hydrogen (secondary N) is 1. The van der Waals surface area contributed by atoms with Gasteiger partial charge in [0.2, 0.25) is 0 Å². The van der Waals surface area contributed by atoms with Crippen LogP contribution in [-0.2, 0) is 6.54 Å². The molecule has 2 aliphatic heterocycles. The standard InChI is InChI=1S/C19H25N3S.ClH/c1-15-2-4-16(5-3-15)18-21-12-17(23-18)13-22-11-8-19(14-22)6-9-20-10-7-19;/h2-5,12,20H,6-11,13-14H2,1H3;1H. The molecule has 4 rings (SSSR count). The van der Waals surface area contributed by atoms with Crippen molar-refractivity contribution >= 4 is 23.7 Å². The minimum absolute atomic E-state index is 0. The molecule has 3 nitrogen and oxygen atoms in total. The van der Waals surface area contributed by atoms with Gasteiger partial charge in [-0.3, -0.25) is 4.90 Å². The molecule has 5 heteroatoms. The average molecular weight is 364 g/mol. The molecule has 2 aliphatic rings. The molecule has 2 fully saturated rings. The van der Waals surface area contributed by atoms with E-state index in [9.17, 15) is 0 Å². The Balaban J connectivity index is 0.00000169. The summed E-state index contributed by atoms with van der Waals surface area (Å²) < 4.78 is 0. The average Bonchev–Trinajstić information content (AvgIpc) is 3.17. The van der Waals surface area contributed by atoms with Crippen LogP contribution in [0.4, 0.5) is 0 Å². The number of aromatic nitrogens is 1. The van der Waals surface area contributed by atoms with E-state index in [4.69, 9.17) is 0 Å². The first-order chi connectivity index (χ1) is 11.2. The van der Waals surface area contributed by atoms with Gasteiger partial charge in [0, 0.05) is 29.7 Å². The minimum atomic E-state index is 0. The first-order valence-electron chi connectivity index (χ1n) is 8.67. The van der Waals surface area contributed by atoms with Crippen LogP contribution in [0.1, 0.15) is 29.7 Å². The maximum absolute atomic E-state index is 4.64. The van der Waals surface area contributed by atoms with Crippen molar-refractivity contribution in [2.24, 2.45) is 5.41 Å². The normalized spacial score (nSPS) is 20.2. The fraction of sp³-hybridized carbons (Fsp3) is 0.526. The molecule has 0 aliphatic carbocycles. The summed E-state index contributed by atoms with van der Waals surface area (Å²) in [6.07, 6.45) is 6.15. The number of piperidine rings is 1. The quantitative estimate of drug-likeness (QED) is 0.889. The topological polar surface area (TPSA) is 28.2 Å². The molecule has 0 bridgehead atoms. The number of hydrogen-bond acceptors (Lipinski definition) is 4. The first-order valence-corrected chi connectivity index (χ1v) is 9.49. The number of nitrogens with zero attached hydrogens (tertiary/aromatic N) is 2. The summed E-state index contributed by atoms with van der Waals surface area (Å²) in [6.45, 7) is 8.11. The molecular weight excluding hydrogens is 338 g/mol. The van der Waals surface area contributed by atoms with E-state index in [0.717, 1.165) is 11.6 Å². The maximum Gasteiger partial charge on any atom is 0.123 e. The predicted octanol–water partition coefficient (Wildman–Crippen LogP) is 4.12. The van der Waals surface area contributed by atoms with Crippen LogP contribution in [-0.4, -0.2) is 36.1 Å². The molecule has 0 saturated carbocycles. The Hall–Kier alpha value is -0.940. The van der Waals surface area contributed by atoms with Crippen molar-refractivity contribution in [1.82, 2.24) is 15.2 Å². The van der Waals surface area contributed by atoms with Gasteiger partial charge in [-0.15, -0.1) is 23.7 Å². The lowest BCUT2D eigenvalue weighted by molar-refractivity contribution is 0.194. The highest BCUT2D eigenvalue weighted by molar-refractivity contribution is 7.15. The smallest absolute Gasteiger partial charge is 0.123 e. The molecular formula is C19H26ClN3S. The summed E-state index contributed by atoms with van der Waals surface area (Å²) in [7, 11) is 0. The Labute approximate surface area is 154 Å². The highest BCUT2D eigenvalue weighted by atomic mass is 35.5. The van der Waals surface area contributed by atoms with Crippen molar-refractivity contribution in [3.8, 4) is 10.6 Å². The maximum atomic E-state index is 4.64. The second-order valence-electron chi connectivity index (χ2n) is 7.21. The lowest BCUT2D eigenvalue weighted by Crippen LogP contribution is -2.38. The number of rotatable bonds is 3. The van der Waals surface area contributed by atoms with Crippen LogP contribution < -0.4 is 5.32 Å². The van der Waals surface area contributed by atoms with Gasteiger partial charge in [-0.2, -0.15) is 0 Å². The zero-order chi connectivity index (χ0) is 15.7. The van der Waals surface area contributed by atoms with E-state index in [1.54, 1.807) is 0 Å². The third kappa shape index (κ3) is 3.83. The molecule has 2 aromatic rings. The van der Waals surface area contributed by atoms with E-state index < -0.39 is 0 Å². The predicted molar refractivity (Wildman–Crippen MR) is 104 cm³/mol. The Morgan fingerprint density at radius 1 is 1.17 bits per heavy atom. The highest BCUT2D eigenvalue weighted by Gasteiger charge is 2.38. The molecule has 130 valence electrons. The van der Waals surface area contributed by atoms with Crippen LogP contribution in [0, 0.1) is 12.3 Å². The van der Waals surface area contributed by atoms with Crippen molar-refractivity contribution in [3.05, 3.63) is 40.9 Å². The summed E-state index contributed by atoms with van der Waals surface area (Å²) >= 11 is 1.85. The number of hydrogen-bond donors (Lipinski definition) is 1. The van der Waals surface area contributed by atoms with Crippen molar-refractivity contribution in [2.45, 2.75) is 32.7 Å². The van der Waals surface area contributed by atoms with Crippen LogP contribution in [0.5, 0.6) is 0 Å². The van der Waals surface area contributed by atoms with Crippen LogP contribution in [0.2, 0.25) is 0 Å². The van der Waals surface area contributed by atoms with E-state index in [1.807, 2.05) is 11.3 Å². The number of likely N-dealkylation sites (tertiary alicyclic amines) is 1. The molecule has 0 radical (unpaired) electrons. The van der Waals surface area contributed by atoms with Crippen molar-refractivity contribution in [1.29, 1.82) is 0 Å². The van der Waals surface area contributed by atoms with E-state index in [0.29, 0.717) is 5.41 Å². The lowest BCUT2D eigenvalue weighted by atomic mass is 9.78. The van der Waals surface area contributed by atoms with Gasteiger partial charge < -0.3 is 5.32 Å². The van der Waals surface area contributed by atoms with Gasteiger partial charge >= 0.3 is 0 Å². The third-order valence-corrected chi connectivity index (χ3v) is 6.44. The van der Waals surface area contributed by atoms with Gasteiger partial charge in [0.25, 0.3) is 0 Å². The highest BCUT2D eigenvalue weighted by Crippen LogP contribution is 2.39. The minimum Gasteiger partial charge on any atom is -0.317 e. The Morgan fingerprint density at radius 3 is 2.67 bits per heavy atom. The largest absolute Gasteiger partial charge is 0.317 e. The monoisotopic (exact) mass is 363 g/mol. The fourth-order valence-corrected chi connectivity index (χ4v) is 4.92. The molecule has 3 heterocycles. The lowest BCUT2D eigenvalue weighted by Gasteiger charge is -2.33. The van der Waals surface area contributed by atoms with Gasteiger partial charge in [-0.05, 0) is 51.2 Å². The summed E-state index contributed by atoms with van der Waals surface area (Å²) in [4.78, 5) is 8.68. The number of benzene rings is 1. The summed E-state index contributed by atoms with van der Waals surface area (Å²) in [5.41, 5.74) is 3.13. The van der Waals surface area contributed by atoms with E-state index >= 15 is 0 Å². The van der Waals surface area contributed by atoms with Gasteiger partial charge in [0.15, 0.2) is 0 Å². The Kier molecular flexibility index (Phi) is 5.60. The number of aryl methyl sites for hydroxylation is 1. The fourth-order valence-electron chi connectivity index (χ4n) is 3.96. The third-order valence-electron chi connectivity index (χ3n) is 5.41.